The maximum Gasteiger partial charge on any atom is 0.0266 e. The van der Waals surface area contributed by atoms with Crippen molar-refractivity contribution in [2.24, 2.45) is 5.73 Å². The van der Waals surface area contributed by atoms with E-state index in [0.29, 0.717) is 0 Å². The van der Waals surface area contributed by atoms with E-state index in [0.717, 1.165) is 4.47 Å². The predicted octanol–water partition coefficient (Wildman–Crippen LogP) is 3.05. The Morgan fingerprint density at radius 1 is 1.27 bits per heavy atom. The molecular formula is C8H11Br2N. The van der Waals surface area contributed by atoms with E-state index in [4.69, 9.17) is 5.73 Å². The fourth-order valence-corrected chi connectivity index (χ4v) is 1.03. The van der Waals surface area contributed by atoms with Gasteiger partial charge >= 0.3 is 0 Å². The molecule has 0 aliphatic rings. The summed E-state index contributed by atoms with van der Waals surface area (Å²) in [6.07, 6.45) is 0. The van der Waals surface area contributed by atoms with Crippen LogP contribution in [-0.4, -0.2) is 0 Å². The van der Waals surface area contributed by atoms with Gasteiger partial charge in [0.25, 0.3) is 0 Å². The van der Waals surface area contributed by atoms with Crippen LogP contribution in [0.25, 0.3) is 0 Å². The second-order valence-corrected chi connectivity index (χ2v) is 3.26. The van der Waals surface area contributed by atoms with Crippen molar-refractivity contribution >= 4 is 32.9 Å². The van der Waals surface area contributed by atoms with E-state index < -0.39 is 0 Å². The number of rotatable bonds is 1. The minimum atomic E-state index is 0. The van der Waals surface area contributed by atoms with E-state index in [2.05, 4.69) is 15.9 Å². The number of hydrogen-bond acceptors (Lipinski definition) is 1. The Balaban J connectivity index is 0.000001000. The van der Waals surface area contributed by atoms with Crippen LogP contribution in [0.1, 0.15) is 18.5 Å². The van der Waals surface area contributed by atoms with Crippen molar-refractivity contribution in [3.05, 3.63) is 34.3 Å². The zero-order valence-electron chi connectivity index (χ0n) is 6.25. The van der Waals surface area contributed by atoms with Crippen LogP contribution in [0, 0.1) is 0 Å². The fraction of sp³-hybridized carbons (Fsp3) is 0.250. The van der Waals surface area contributed by atoms with Crippen molar-refractivity contribution in [1.29, 1.82) is 0 Å². The molecule has 0 bridgehead atoms. The Morgan fingerprint density at radius 3 is 2.09 bits per heavy atom. The van der Waals surface area contributed by atoms with Crippen LogP contribution in [0.4, 0.5) is 0 Å². The minimum Gasteiger partial charge on any atom is -0.324 e. The second kappa shape index (κ2) is 4.91. The summed E-state index contributed by atoms with van der Waals surface area (Å²) in [6, 6.07) is 8.18. The topological polar surface area (TPSA) is 26.0 Å². The summed E-state index contributed by atoms with van der Waals surface area (Å²) in [5, 5.41) is 0. The van der Waals surface area contributed by atoms with Gasteiger partial charge in [-0.3, -0.25) is 0 Å². The lowest BCUT2D eigenvalue weighted by molar-refractivity contribution is 0.818. The highest BCUT2D eigenvalue weighted by Crippen LogP contribution is 2.14. The molecule has 0 aliphatic carbocycles. The third kappa shape index (κ3) is 3.36. The summed E-state index contributed by atoms with van der Waals surface area (Å²) >= 11 is 3.35. The van der Waals surface area contributed by atoms with Crippen molar-refractivity contribution in [2.45, 2.75) is 13.0 Å². The zero-order valence-corrected chi connectivity index (χ0v) is 9.55. The van der Waals surface area contributed by atoms with Crippen molar-refractivity contribution in [1.82, 2.24) is 0 Å². The third-order valence-corrected chi connectivity index (χ3v) is 1.92. The molecule has 2 N–H and O–H groups in total. The van der Waals surface area contributed by atoms with Gasteiger partial charge in [-0.25, -0.2) is 0 Å². The van der Waals surface area contributed by atoms with Gasteiger partial charge in [0.15, 0.2) is 0 Å². The zero-order chi connectivity index (χ0) is 7.56. The molecule has 1 aromatic carbocycles. The van der Waals surface area contributed by atoms with Crippen molar-refractivity contribution in [2.75, 3.05) is 0 Å². The predicted molar refractivity (Wildman–Crippen MR) is 57.1 cm³/mol. The molecule has 1 rings (SSSR count). The molecule has 0 saturated heterocycles. The molecule has 0 heterocycles. The Bertz CT molecular complexity index is 206. The number of nitrogens with two attached hydrogens (primary N) is 1. The first-order valence-electron chi connectivity index (χ1n) is 3.21. The first-order valence-corrected chi connectivity index (χ1v) is 4.00. The van der Waals surface area contributed by atoms with Crippen LogP contribution < -0.4 is 5.73 Å². The SMILES string of the molecule is Br.C[C@@H](N)c1ccc(Br)cc1. The molecule has 1 atom stereocenters. The Kier molecular flexibility index (Phi) is 4.97. The number of hydrogen-bond donors (Lipinski definition) is 1. The lowest BCUT2D eigenvalue weighted by Gasteiger charge is -2.03. The van der Waals surface area contributed by atoms with Gasteiger partial charge in [-0.05, 0) is 24.6 Å². The molecule has 0 radical (unpaired) electrons. The smallest absolute Gasteiger partial charge is 0.0266 e. The van der Waals surface area contributed by atoms with E-state index in [1.54, 1.807) is 0 Å². The molecule has 0 aromatic heterocycles. The second-order valence-electron chi connectivity index (χ2n) is 2.34. The van der Waals surface area contributed by atoms with Gasteiger partial charge < -0.3 is 5.73 Å². The summed E-state index contributed by atoms with van der Waals surface area (Å²) in [4.78, 5) is 0. The molecule has 1 aromatic rings. The van der Waals surface area contributed by atoms with Crippen LogP contribution in [0.5, 0.6) is 0 Å². The molecule has 0 unspecified atom stereocenters. The third-order valence-electron chi connectivity index (χ3n) is 1.40. The standard InChI is InChI=1S/C8H10BrN.BrH/c1-6(10)7-2-4-8(9)5-3-7;/h2-6H,10H2,1H3;1H/t6-;/m1./s1. The molecule has 0 aliphatic heterocycles. The maximum atomic E-state index is 5.65. The summed E-state index contributed by atoms with van der Waals surface area (Å²) in [5.74, 6) is 0. The molecule has 3 heteroatoms. The highest BCUT2D eigenvalue weighted by molar-refractivity contribution is 9.10. The Labute approximate surface area is 85.9 Å². The summed E-state index contributed by atoms with van der Waals surface area (Å²) in [6.45, 7) is 1.98. The Hall–Kier alpha value is 0.140. The van der Waals surface area contributed by atoms with E-state index in [-0.39, 0.29) is 23.0 Å². The normalized spacial score (nSPS) is 11.9. The lowest BCUT2D eigenvalue weighted by atomic mass is 10.1. The van der Waals surface area contributed by atoms with Crippen molar-refractivity contribution in [3.8, 4) is 0 Å². The first kappa shape index (κ1) is 11.1. The molecule has 11 heavy (non-hydrogen) atoms. The van der Waals surface area contributed by atoms with Gasteiger partial charge in [0.2, 0.25) is 0 Å². The molecule has 0 spiro atoms. The molecule has 62 valence electrons. The summed E-state index contributed by atoms with van der Waals surface area (Å²) in [7, 11) is 0. The monoisotopic (exact) mass is 279 g/mol. The van der Waals surface area contributed by atoms with Gasteiger partial charge in [-0.2, -0.15) is 0 Å². The van der Waals surface area contributed by atoms with Gasteiger partial charge in [0.05, 0.1) is 0 Å². The van der Waals surface area contributed by atoms with E-state index in [1.807, 2.05) is 31.2 Å². The van der Waals surface area contributed by atoms with E-state index >= 15 is 0 Å². The van der Waals surface area contributed by atoms with Gasteiger partial charge in [-0.15, -0.1) is 17.0 Å². The van der Waals surface area contributed by atoms with Gasteiger partial charge in [0, 0.05) is 10.5 Å². The average molecular weight is 281 g/mol. The largest absolute Gasteiger partial charge is 0.324 e. The molecule has 0 amide bonds. The van der Waals surface area contributed by atoms with Crippen molar-refractivity contribution < 1.29 is 0 Å². The first-order chi connectivity index (χ1) is 4.70. The van der Waals surface area contributed by atoms with E-state index in [1.165, 1.54) is 5.56 Å². The molecule has 0 saturated carbocycles. The quantitative estimate of drug-likeness (QED) is 0.841. The summed E-state index contributed by atoms with van der Waals surface area (Å²) in [5.41, 5.74) is 6.82. The van der Waals surface area contributed by atoms with Crippen LogP contribution >= 0.6 is 32.9 Å². The average Bonchev–Trinajstić information content (AvgIpc) is 1.88. The van der Waals surface area contributed by atoms with Gasteiger partial charge in [-0.1, -0.05) is 28.1 Å². The molecular weight excluding hydrogens is 270 g/mol. The fourth-order valence-electron chi connectivity index (χ4n) is 0.766. The van der Waals surface area contributed by atoms with Gasteiger partial charge in [0.1, 0.15) is 0 Å². The molecule has 0 fully saturated rings. The van der Waals surface area contributed by atoms with Crippen LogP contribution in [0.2, 0.25) is 0 Å². The Morgan fingerprint density at radius 2 is 1.73 bits per heavy atom. The summed E-state index contributed by atoms with van der Waals surface area (Å²) < 4.78 is 1.09. The highest BCUT2D eigenvalue weighted by Gasteiger charge is 1.96. The number of halogens is 2. The van der Waals surface area contributed by atoms with Crippen LogP contribution in [0.15, 0.2) is 28.7 Å². The van der Waals surface area contributed by atoms with E-state index in [9.17, 15) is 0 Å². The molecule has 1 nitrogen and oxygen atoms in total. The maximum absolute atomic E-state index is 5.65. The van der Waals surface area contributed by atoms with Crippen LogP contribution in [-0.2, 0) is 0 Å². The number of benzene rings is 1. The van der Waals surface area contributed by atoms with Crippen LogP contribution in [0.3, 0.4) is 0 Å². The highest BCUT2D eigenvalue weighted by atomic mass is 79.9. The lowest BCUT2D eigenvalue weighted by Crippen LogP contribution is -2.03. The minimum absolute atomic E-state index is 0. The van der Waals surface area contributed by atoms with Crippen molar-refractivity contribution in [3.63, 3.8) is 0 Å².